The van der Waals surface area contributed by atoms with Crippen LogP contribution < -0.4 is 10.1 Å². The number of aryl methyl sites for hydroxylation is 1. The molecule has 1 aromatic heterocycles. The zero-order chi connectivity index (χ0) is 25.9. The van der Waals surface area contributed by atoms with E-state index in [0.29, 0.717) is 37.4 Å². The van der Waals surface area contributed by atoms with Crippen LogP contribution in [-0.2, 0) is 21.6 Å². The zero-order valence-corrected chi connectivity index (χ0v) is 20.5. The maximum atomic E-state index is 13.2. The van der Waals surface area contributed by atoms with Crippen molar-refractivity contribution >= 4 is 23.6 Å². The van der Waals surface area contributed by atoms with E-state index in [2.05, 4.69) is 21.3 Å². The monoisotopic (exact) mass is 504 g/mol. The van der Waals surface area contributed by atoms with Crippen LogP contribution in [0.4, 0.5) is 0 Å². The molecule has 0 bridgehead atoms. The van der Waals surface area contributed by atoms with Crippen molar-refractivity contribution in [3.8, 4) is 5.88 Å². The van der Waals surface area contributed by atoms with Crippen molar-refractivity contribution in [1.82, 2.24) is 20.1 Å². The molecule has 37 heavy (non-hydrogen) atoms. The van der Waals surface area contributed by atoms with Gasteiger partial charge in [0.1, 0.15) is 6.04 Å². The summed E-state index contributed by atoms with van der Waals surface area (Å²) in [6.07, 6.45) is 3.01. The van der Waals surface area contributed by atoms with E-state index in [-0.39, 0.29) is 30.0 Å². The van der Waals surface area contributed by atoms with Crippen LogP contribution in [0.25, 0.3) is 0 Å². The third kappa shape index (κ3) is 3.82. The van der Waals surface area contributed by atoms with Crippen molar-refractivity contribution in [3.63, 3.8) is 0 Å². The average Bonchev–Trinajstić information content (AvgIpc) is 3.43. The standard InChI is InChI=1S/C27H28N4O6/c1-37-23-9-4-17-19(28-23)5-6-20(17)30-12-10-27(36,11-13-30)15-2-3-16-18(14-15)26(35)31(25(16)34)21-7-8-22(32)29-24(21)33/h2-4,9,14,20-21,36H,5-8,10-13H2,1H3,(H,29,32,33). The molecule has 2 aromatic rings. The maximum absolute atomic E-state index is 13.2. The van der Waals surface area contributed by atoms with Crippen LogP contribution in [0.15, 0.2) is 30.3 Å². The first kappa shape index (κ1) is 23.7. The van der Waals surface area contributed by atoms with Gasteiger partial charge in [-0.1, -0.05) is 12.1 Å². The number of methoxy groups -OCH3 is 1. The summed E-state index contributed by atoms with van der Waals surface area (Å²) in [5, 5.41) is 13.8. The van der Waals surface area contributed by atoms with Crippen LogP contribution in [0.5, 0.6) is 5.88 Å². The summed E-state index contributed by atoms with van der Waals surface area (Å²) in [7, 11) is 1.61. The highest BCUT2D eigenvalue weighted by molar-refractivity contribution is 6.23. The number of aromatic nitrogens is 1. The predicted molar refractivity (Wildman–Crippen MR) is 130 cm³/mol. The molecular weight excluding hydrogens is 476 g/mol. The van der Waals surface area contributed by atoms with E-state index < -0.39 is 35.3 Å². The van der Waals surface area contributed by atoms with Gasteiger partial charge in [0, 0.05) is 37.3 Å². The van der Waals surface area contributed by atoms with Crippen LogP contribution >= 0.6 is 0 Å². The van der Waals surface area contributed by atoms with Gasteiger partial charge in [0.15, 0.2) is 0 Å². The summed E-state index contributed by atoms with van der Waals surface area (Å²) in [4.78, 5) is 57.9. The minimum atomic E-state index is -1.13. The molecule has 0 spiro atoms. The zero-order valence-electron chi connectivity index (χ0n) is 20.5. The van der Waals surface area contributed by atoms with E-state index in [0.717, 1.165) is 23.4 Å². The molecule has 3 aliphatic heterocycles. The third-order valence-corrected chi connectivity index (χ3v) is 8.25. The highest BCUT2D eigenvalue weighted by atomic mass is 16.5. The number of amides is 4. The van der Waals surface area contributed by atoms with Crippen LogP contribution in [0.1, 0.15) is 75.7 Å². The van der Waals surface area contributed by atoms with Crippen molar-refractivity contribution in [2.45, 2.75) is 56.2 Å². The van der Waals surface area contributed by atoms with Crippen molar-refractivity contribution < 1.29 is 29.0 Å². The normalized spacial score (nSPS) is 25.2. The van der Waals surface area contributed by atoms with Crippen LogP contribution in [0.2, 0.25) is 0 Å². The number of ether oxygens (including phenoxy) is 1. The summed E-state index contributed by atoms with van der Waals surface area (Å²) in [5.41, 5.74) is 2.14. The minimum absolute atomic E-state index is 0.0698. The number of carbonyl (C=O) groups is 4. The number of nitrogens with one attached hydrogen (secondary N) is 1. The Morgan fingerprint density at radius 2 is 1.70 bits per heavy atom. The fourth-order valence-corrected chi connectivity index (χ4v) is 6.17. The lowest BCUT2D eigenvalue weighted by Gasteiger charge is -2.41. The molecule has 6 rings (SSSR count). The summed E-state index contributed by atoms with van der Waals surface area (Å²) < 4.78 is 5.25. The van der Waals surface area contributed by atoms with E-state index in [1.54, 1.807) is 25.3 Å². The van der Waals surface area contributed by atoms with Crippen LogP contribution in [-0.4, -0.2) is 69.8 Å². The number of hydrogen-bond donors (Lipinski definition) is 2. The molecule has 0 saturated carbocycles. The van der Waals surface area contributed by atoms with Gasteiger partial charge in [-0.05, 0) is 55.4 Å². The summed E-state index contributed by atoms with van der Waals surface area (Å²) in [5.74, 6) is -1.55. The Hall–Kier alpha value is -3.63. The summed E-state index contributed by atoms with van der Waals surface area (Å²) in [6, 6.07) is 8.07. The van der Waals surface area contributed by atoms with E-state index in [1.165, 1.54) is 5.56 Å². The lowest BCUT2D eigenvalue weighted by atomic mass is 9.82. The van der Waals surface area contributed by atoms with Gasteiger partial charge in [-0.3, -0.25) is 34.3 Å². The first-order valence-corrected chi connectivity index (χ1v) is 12.7. The van der Waals surface area contributed by atoms with E-state index in [1.807, 2.05) is 6.07 Å². The number of nitrogens with zero attached hydrogens (tertiary/aromatic N) is 3. The third-order valence-electron chi connectivity index (χ3n) is 8.25. The van der Waals surface area contributed by atoms with E-state index >= 15 is 0 Å². The van der Waals surface area contributed by atoms with Gasteiger partial charge in [-0.15, -0.1) is 0 Å². The lowest BCUT2D eigenvalue weighted by molar-refractivity contribution is -0.136. The van der Waals surface area contributed by atoms with Gasteiger partial charge in [0.2, 0.25) is 17.7 Å². The number of pyridine rings is 1. The van der Waals surface area contributed by atoms with Gasteiger partial charge in [-0.25, -0.2) is 4.98 Å². The fraction of sp³-hybridized carbons (Fsp3) is 0.444. The highest BCUT2D eigenvalue weighted by Crippen LogP contribution is 2.42. The highest BCUT2D eigenvalue weighted by Gasteiger charge is 2.46. The second-order valence-corrected chi connectivity index (χ2v) is 10.2. The SMILES string of the molecule is COc1ccc2c(n1)CCC2N1CCC(O)(c2ccc3c(c2)C(=O)N(C2CCC(=O)NC2=O)C3=O)CC1. The Morgan fingerprint density at radius 3 is 2.43 bits per heavy atom. The van der Waals surface area contributed by atoms with Gasteiger partial charge in [0.25, 0.3) is 11.8 Å². The van der Waals surface area contributed by atoms with E-state index in [9.17, 15) is 24.3 Å². The molecule has 2 saturated heterocycles. The molecule has 2 atom stereocenters. The Labute approximate surface area is 213 Å². The topological polar surface area (TPSA) is 129 Å². The molecule has 4 aliphatic rings. The predicted octanol–water partition coefficient (Wildman–Crippen LogP) is 1.46. The number of piperidine rings is 2. The Kier molecular flexibility index (Phi) is 5.61. The Morgan fingerprint density at radius 1 is 0.973 bits per heavy atom. The number of benzene rings is 1. The molecular formula is C27H28N4O6. The molecule has 10 heteroatoms. The molecule has 4 amide bonds. The quantitative estimate of drug-likeness (QED) is 0.599. The first-order chi connectivity index (χ1) is 17.8. The van der Waals surface area contributed by atoms with Crippen LogP contribution in [0, 0.1) is 0 Å². The van der Waals surface area contributed by atoms with Crippen LogP contribution in [0.3, 0.4) is 0 Å². The number of aliphatic hydroxyl groups is 1. The number of likely N-dealkylation sites (tertiary alicyclic amines) is 1. The number of imide groups is 2. The van der Waals surface area contributed by atoms with Crippen molar-refractivity contribution in [1.29, 1.82) is 0 Å². The molecule has 192 valence electrons. The largest absolute Gasteiger partial charge is 0.481 e. The number of fused-ring (bicyclic) bond motifs is 2. The van der Waals surface area contributed by atoms with Crippen molar-refractivity contribution in [2.24, 2.45) is 0 Å². The number of carbonyl (C=O) groups excluding carboxylic acids is 4. The van der Waals surface area contributed by atoms with Crippen molar-refractivity contribution in [2.75, 3.05) is 20.2 Å². The smallest absolute Gasteiger partial charge is 0.262 e. The molecule has 0 radical (unpaired) electrons. The second kappa shape index (κ2) is 8.74. The van der Waals surface area contributed by atoms with Gasteiger partial charge < -0.3 is 9.84 Å². The van der Waals surface area contributed by atoms with Crippen molar-refractivity contribution in [3.05, 3.63) is 58.3 Å². The number of rotatable bonds is 4. The molecule has 2 N–H and O–H groups in total. The minimum Gasteiger partial charge on any atom is -0.481 e. The maximum Gasteiger partial charge on any atom is 0.262 e. The first-order valence-electron chi connectivity index (χ1n) is 12.7. The fourth-order valence-electron chi connectivity index (χ4n) is 6.17. The summed E-state index contributed by atoms with van der Waals surface area (Å²) >= 11 is 0. The molecule has 2 fully saturated rings. The summed E-state index contributed by atoms with van der Waals surface area (Å²) in [6.45, 7) is 1.36. The van der Waals surface area contributed by atoms with Gasteiger partial charge in [-0.2, -0.15) is 0 Å². The van der Waals surface area contributed by atoms with Gasteiger partial charge >= 0.3 is 0 Å². The van der Waals surface area contributed by atoms with Gasteiger partial charge in [0.05, 0.1) is 23.8 Å². The lowest BCUT2D eigenvalue weighted by Crippen LogP contribution is -2.54. The molecule has 2 unspecified atom stereocenters. The van der Waals surface area contributed by atoms with E-state index in [4.69, 9.17) is 4.74 Å². The Bertz CT molecular complexity index is 1330. The molecule has 1 aromatic carbocycles. The Balaban J connectivity index is 1.18. The molecule has 4 heterocycles. The molecule has 1 aliphatic carbocycles. The average molecular weight is 505 g/mol. The number of hydrogen-bond acceptors (Lipinski definition) is 8. The molecule has 10 nitrogen and oxygen atoms in total. The second-order valence-electron chi connectivity index (χ2n) is 10.2.